The molecule has 2 nitrogen and oxygen atoms in total. The molecule has 1 aromatic heterocycles. The number of hydrogen-bond acceptors (Lipinski definition) is 1. The Morgan fingerprint density at radius 1 is 1.24 bits per heavy atom. The summed E-state index contributed by atoms with van der Waals surface area (Å²) in [7, 11) is 0. The van der Waals surface area contributed by atoms with E-state index < -0.39 is 0 Å². The molecule has 0 aliphatic heterocycles. The second-order valence-electron chi connectivity index (χ2n) is 6.39. The normalized spacial score (nSPS) is 26.4. The molecule has 0 amide bonds. The molecule has 1 saturated carbocycles. The van der Waals surface area contributed by atoms with Crippen LogP contribution < -0.4 is 0 Å². The Morgan fingerprint density at radius 3 is 2.76 bits per heavy atom. The zero-order chi connectivity index (χ0) is 15.0. The van der Waals surface area contributed by atoms with Crippen LogP contribution in [-0.4, -0.2) is 15.4 Å². The molecular formula is C17H22Cl2N2. The highest BCUT2D eigenvalue weighted by Gasteiger charge is 2.28. The average molecular weight is 325 g/mol. The van der Waals surface area contributed by atoms with Crippen molar-refractivity contribution in [2.45, 2.75) is 45.6 Å². The van der Waals surface area contributed by atoms with Crippen molar-refractivity contribution in [2.75, 3.05) is 5.88 Å². The molecule has 0 bridgehead atoms. The van der Waals surface area contributed by atoms with Crippen molar-refractivity contribution in [3.8, 4) is 0 Å². The fourth-order valence-electron chi connectivity index (χ4n) is 3.54. The van der Waals surface area contributed by atoms with Crippen LogP contribution in [0.1, 0.15) is 45.0 Å². The van der Waals surface area contributed by atoms with Gasteiger partial charge in [0, 0.05) is 23.4 Å². The molecule has 1 fully saturated rings. The lowest BCUT2D eigenvalue weighted by Gasteiger charge is -2.34. The first kappa shape index (κ1) is 15.2. The van der Waals surface area contributed by atoms with Crippen LogP contribution in [0.3, 0.4) is 0 Å². The van der Waals surface area contributed by atoms with Gasteiger partial charge in [0.25, 0.3) is 0 Å². The summed E-state index contributed by atoms with van der Waals surface area (Å²) in [4.78, 5) is 4.78. The van der Waals surface area contributed by atoms with Crippen molar-refractivity contribution in [3.05, 3.63) is 29.0 Å². The Morgan fingerprint density at radius 2 is 2.05 bits per heavy atom. The first-order chi connectivity index (χ1) is 10.1. The van der Waals surface area contributed by atoms with Gasteiger partial charge in [0.2, 0.25) is 0 Å². The summed E-state index contributed by atoms with van der Waals surface area (Å²) in [5.74, 6) is 3.30. The van der Waals surface area contributed by atoms with Crippen LogP contribution >= 0.6 is 23.2 Å². The highest BCUT2D eigenvalue weighted by atomic mass is 35.5. The molecule has 0 saturated heterocycles. The predicted octanol–water partition coefficient (Wildman–Crippen LogP) is 5.47. The van der Waals surface area contributed by atoms with E-state index in [1.165, 1.54) is 24.8 Å². The summed E-state index contributed by atoms with van der Waals surface area (Å²) in [6.07, 6.45) is 4.56. The number of benzene rings is 1. The molecule has 1 aliphatic rings. The van der Waals surface area contributed by atoms with Gasteiger partial charge in [-0.05, 0) is 49.3 Å². The van der Waals surface area contributed by atoms with Crippen molar-refractivity contribution in [2.24, 2.45) is 11.8 Å². The third-order valence-electron chi connectivity index (χ3n) is 4.98. The number of imidazole rings is 1. The van der Waals surface area contributed by atoms with Gasteiger partial charge in [-0.15, -0.1) is 11.6 Å². The van der Waals surface area contributed by atoms with Gasteiger partial charge in [-0.2, -0.15) is 0 Å². The maximum absolute atomic E-state index is 6.11. The highest BCUT2D eigenvalue weighted by Crippen LogP contribution is 2.38. The number of rotatable bonds is 3. The molecule has 0 N–H and O–H groups in total. The Bertz CT molecular complexity index is 635. The van der Waals surface area contributed by atoms with Gasteiger partial charge in [0.05, 0.1) is 11.0 Å². The second kappa shape index (κ2) is 6.18. The fourth-order valence-corrected chi connectivity index (χ4v) is 3.88. The fraction of sp³-hybridized carbons (Fsp3) is 0.588. The standard InChI is InChI=1S/C17H22Cl2N2/c1-11-3-5-14(9-12(11)2)21-16-6-4-13(19)10-15(16)20-17(21)7-8-18/h4,6,10-12,14H,3,5,7-9H2,1-2H3. The van der Waals surface area contributed by atoms with Crippen molar-refractivity contribution >= 4 is 34.2 Å². The molecule has 3 unspecified atom stereocenters. The molecule has 1 aliphatic carbocycles. The minimum atomic E-state index is 0.542. The zero-order valence-electron chi connectivity index (χ0n) is 12.6. The molecule has 2 aromatic rings. The first-order valence-electron chi connectivity index (χ1n) is 7.82. The first-order valence-corrected chi connectivity index (χ1v) is 8.73. The molecule has 1 heterocycles. The molecule has 21 heavy (non-hydrogen) atoms. The Labute approximate surface area is 136 Å². The highest BCUT2D eigenvalue weighted by molar-refractivity contribution is 6.31. The van der Waals surface area contributed by atoms with E-state index in [0.717, 1.165) is 34.6 Å². The molecular weight excluding hydrogens is 303 g/mol. The SMILES string of the molecule is CC1CCC(n2c(CCCl)nc3cc(Cl)ccc32)CC1C. The van der Waals surface area contributed by atoms with E-state index in [2.05, 4.69) is 24.5 Å². The zero-order valence-corrected chi connectivity index (χ0v) is 14.2. The lowest BCUT2D eigenvalue weighted by atomic mass is 9.79. The molecule has 1 aromatic carbocycles. The van der Waals surface area contributed by atoms with Crippen LogP contribution in [-0.2, 0) is 6.42 Å². The van der Waals surface area contributed by atoms with Crippen molar-refractivity contribution in [1.82, 2.24) is 9.55 Å². The van der Waals surface area contributed by atoms with Crippen LogP contribution in [0, 0.1) is 11.8 Å². The maximum Gasteiger partial charge on any atom is 0.111 e. The van der Waals surface area contributed by atoms with Gasteiger partial charge in [0.15, 0.2) is 0 Å². The van der Waals surface area contributed by atoms with Crippen LogP contribution in [0.25, 0.3) is 11.0 Å². The van der Waals surface area contributed by atoms with E-state index in [0.29, 0.717) is 11.9 Å². The lowest BCUT2D eigenvalue weighted by Crippen LogP contribution is -2.24. The van der Waals surface area contributed by atoms with Crippen LogP contribution in [0.15, 0.2) is 18.2 Å². The summed E-state index contributed by atoms with van der Waals surface area (Å²) in [6.45, 7) is 4.74. The number of fused-ring (bicyclic) bond motifs is 1. The van der Waals surface area contributed by atoms with Gasteiger partial charge < -0.3 is 4.57 Å². The smallest absolute Gasteiger partial charge is 0.111 e. The average Bonchev–Trinajstić information content (AvgIpc) is 2.79. The summed E-state index contributed by atoms with van der Waals surface area (Å²) in [5, 5.41) is 0.746. The van der Waals surface area contributed by atoms with E-state index in [9.17, 15) is 0 Å². The number of halogens is 2. The monoisotopic (exact) mass is 324 g/mol. The van der Waals surface area contributed by atoms with Gasteiger partial charge in [-0.3, -0.25) is 0 Å². The number of aryl methyl sites for hydroxylation is 1. The van der Waals surface area contributed by atoms with Crippen molar-refractivity contribution in [3.63, 3.8) is 0 Å². The van der Waals surface area contributed by atoms with E-state index in [1.807, 2.05) is 12.1 Å². The van der Waals surface area contributed by atoms with Crippen LogP contribution in [0.4, 0.5) is 0 Å². The van der Waals surface area contributed by atoms with Gasteiger partial charge in [-0.25, -0.2) is 4.98 Å². The van der Waals surface area contributed by atoms with Crippen molar-refractivity contribution in [1.29, 1.82) is 0 Å². The van der Waals surface area contributed by atoms with Crippen LogP contribution in [0.2, 0.25) is 5.02 Å². The number of nitrogens with zero attached hydrogens (tertiary/aromatic N) is 2. The van der Waals surface area contributed by atoms with E-state index in [1.54, 1.807) is 0 Å². The molecule has 114 valence electrons. The van der Waals surface area contributed by atoms with Gasteiger partial charge in [0.1, 0.15) is 5.82 Å². The predicted molar refractivity (Wildman–Crippen MR) is 90.4 cm³/mol. The lowest BCUT2D eigenvalue weighted by molar-refractivity contribution is 0.211. The molecule has 3 atom stereocenters. The van der Waals surface area contributed by atoms with E-state index in [4.69, 9.17) is 28.2 Å². The Balaban J connectivity index is 2.04. The Kier molecular flexibility index (Phi) is 4.46. The Hall–Kier alpha value is -0.730. The molecule has 3 rings (SSSR count). The minimum Gasteiger partial charge on any atom is -0.325 e. The number of hydrogen-bond donors (Lipinski definition) is 0. The third kappa shape index (κ3) is 2.93. The largest absolute Gasteiger partial charge is 0.325 e. The van der Waals surface area contributed by atoms with Gasteiger partial charge in [-0.1, -0.05) is 25.4 Å². The molecule has 0 radical (unpaired) electrons. The summed E-state index contributed by atoms with van der Waals surface area (Å²) < 4.78 is 2.43. The van der Waals surface area contributed by atoms with E-state index >= 15 is 0 Å². The maximum atomic E-state index is 6.11. The molecule has 0 spiro atoms. The van der Waals surface area contributed by atoms with Gasteiger partial charge >= 0.3 is 0 Å². The van der Waals surface area contributed by atoms with Crippen LogP contribution in [0.5, 0.6) is 0 Å². The quantitative estimate of drug-likeness (QED) is 0.684. The summed E-state index contributed by atoms with van der Waals surface area (Å²) >= 11 is 12.1. The third-order valence-corrected chi connectivity index (χ3v) is 5.40. The number of alkyl halides is 1. The van der Waals surface area contributed by atoms with E-state index in [-0.39, 0.29) is 0 Å². The summed E-state index contributed by atoms with van der Waals surface area (Å²) in [5.41, 5.74) is 2.19. The second-order valence-corrected chi connectivity index (χ2v) is 7.21. The molecule has 4 heteroatoms. The topological polar surface area (TPSA) is 17.8 Å². The summed E-state index contributed by atoms with van der Waals surface area (Å²) in [6, 6.07) is 6.56. The minimum absolute atomic E-state index is 0.542. The number of aromatic nitrogens is 2. The van der Waals surface area contributed by atoms with Crippen molar-refractivity contribution < 1.29 is 0 Å².